The summed E-state index contributed by atoms with van der Waals surface area (Å²) in [5.41, 5.74) is 0.903. The highest BCUT2D eigenvalue weighted by Gasteiger charge is 2.18. The fourth-order valence-electron chi connectivity index (χ4n) is 1.90. The number of pyridine rings is 1. The minimum atomic E-state index is -3.55. The fraction of sp³-hybridized carbons (Fsp3) is 0.0667. The minimum absolute atomic E-state index is 0.199. The summed E-state index contributed by atoms with van der Waals surface area (Å²) in [5, 5.41) is 5.61. The SMILES string of the molecule is Cc1csc(Nc2cc(S(=O)(=O)c3ccccc3)ccn2)n1. The average Bonchev–Trinajstić information content (AvgIpc) is 2.93. The maximum atomic E-state index is 12.6. The van der Waals surface area contributed by atoms with Crippen molar-refractivity contribution in [1.29, 1.82) is 0 Å². The molecule has 2 heterocycles. The molecule has 5 nitrogen and oxygen atoms in total. The van der Waals surface area contributed by atoms with Gasteiger partial charge in [-0.3, -0.25) is 0 Å². The Morgan fingerprint density at radius 3 is 2.55 bits per heavy atom. The van der Waals surface area contributed by atoms with E-state index in [1.807, 2.05) is 12.3 Å². The Bertz CT molecular complexity index is 890. The Morgan fingerprint density at radius 1 is 1.09 bits per heavy atom. The maximum Gasteiger partial charge on any atom is 0.206 e. The number of aromatic nitrogens is 2. The Balaban J connectivity index is 1.94. The third-order valence-corrected chi connectivity index (χ3v) is 5.59. The van der Waals surface area contributed by atoms with Crippen LogP contribution in [0.5, 0.6) is 0 Å². The van der Waals surface area contributed by atoms with Crippen molar-refractivity contribution in [1.82, 2.24) is 9.97 Å². The molecule has 0 radical (unpaired) electrons. The molecule has 1 aromatic carbocycles. The molecule has 0 atom stereocenters. The Labute approximate surface area is 132 Å². The monoisotopic (exact) mass is 331 g/mol. The lowest BCUT2D eigenvalue weighted by Crippen LogP contribution is -2.03. The summed E-state index contributed by atoms with van der Waals surface area (Å²) in [6.45, 7) is 1.89. The van der Waals surface area contributed by atoms with E-state index in [2.05, 4.69) is 15.3 Å². The summed E-state index contributed by atoms with van der Waals surface area (Å²) >= 11 is 1.44. The van der Waals surface area contributed by atoms with Crippen LogP contribution in [0.25, 0.3) is 0 Å². The summed E-state index contributed by atoms with van der Waals surface area (Å²) in [6.07, 6.45) is 1.47. The first-order valence-corrected chi connectivity index (χ1v) is 8.87. The second kappa shape index (κ2) is 5.86. The molecule has 0 saturated heterocycles. The molecule has 0 aliphatic carbocycles. The Hall–Kier alpha value is -2.25. The number of nitrogens with one attached hydrogen (secondary N) is 1. The Kier molecular flexibility index (Phi) is 3.91. The zero-order valence-corrected chi connectivity index (χ0v) is 13.4. The van der Waals surface area contributed by atoms with Gasteiger partial charge in [0, 0.05) is 11.6 Å². The van der Waals surface area contributed by atoms with Crippen LogP contribution in [0.3, 0.4) is 0 Å². The molecule has 112 valence electrons. The van der Waals surface area contributed by atoms with E-state index < -0.39 is 9.84 Å². The molecule has 3 aromatic rings. The summed E-state index contributed by atoms with van der Waals surface area (Å²) in [4.78, 5) is 8.88. The molecule has 1 N–H and O–H groups in total. The number of aryl methyl sites for hydroxylation is 1. The number of rotatable bonds is 4. The van der Waals surface area contributed by atoms with Crippen LogP contribution in [0.15, 0.2) is 63.8 Å². The standard InChI is InChI=1S/C15H13N3O2S2/c1-11-10-21-15(17-11)18-14-9-13(7-8-16-14)22(19,20)12-5-3-2-4-6-12/h2-10H,1H3,(H,16,17,18). The first-order chi connectivity index (χ1) is 10.6. The zero-order chi connectivity index (χ0) is 15.6. The van der Waals surface area contributed by atoms with Crippen molar-refractivity contribution in [3.05, 3.63) is 59.7 Å². The van der Waals surface area contributed by atoms with Crippen molar-refractivity contribution >= 4 is 32.1 Å². The largest absolute Gasteiger partial charge is 0.316 e. The van der Waals surface area contributed by atoms with Crippen LogP contribution in [0.1, 0.15) is 5.69 Å². The van der Waals surface area contributed by atoms with Gasteiger partial charge in [-0.15, -0.1) is 11.3 Å². The molecule has 0 unspecified atom stereocenters. The van der Waals surface area contributed by atoms with Crippen LogP contribution in [0, 0.1) is 6.92 Å². The van der Waals surface area contributed by atoms with E-state index in [4.69, 9.17) is 0 Å². The van der Waals surface area contributed by atoms with Crippen LogP contribution in [-0.2, 0) is 9.84 Å². The number of benzene rings is 1. The van der Waals surface area contributed by atoms with Crippen molar-refractivity contribution in [2.75, 3.05) is 5.32 Å². The number of hydrogen-bond donors (Lipinski definition) is 1. The van der Waals surface area contributed by atoms with Crippen molar-refractivity contribution in [2.45, 2.75) is 16.7 Å². The molecule has 0 aliphatic heterocycles. The second-order valence-corrected chi connectivity index (χ2v) is 7.42. The highest BCUT2D eigenvalue weighted by molar-refractivity contribution is 7.91. The molecule has 0 spiro atoms. The van der Waals surface area contributed by atoms with Gasteiger partial charge < -0.3 is 5.32 Å². The maximum absolute atomic E-state index is 12.6. The number of thiazole rings is 1. The minimum Gasteiger partial charge on any atom is -0.316 e. The van der Waals surface area contributed by atoms with Crippen LogP contribution in [0.4, 0.5) is 10.9 Å². The van der Waals surface area contributed by atoms with Crippen LogP contribution in [-0.4, -0.2) is 18.4 Å². The molecule has 0 bridgehead atoms. The summed E-state index contributed by atoms with van der Waals surface area (Å²) in [7, 11) is -3.55. The van der Waals surface area contributed by atoms with Gasteiger partial charge >= 0.3 is 0 Å². The van der Waals surface area contributed by atoms with Gasteiger partial charge in [0.25, 0.3) is 0 Å². The van der Waals surface area contributed by atoms with Crippen molar-refractivity contribution in [3.8, 4) is 0 Å². The van der Waals surface area contributed by atoms with Gasteiger partial charge in [-0.2, -0.15) is 0 Å². The zero-order valence-electron chi connectivity index (χ0n) is 11.7. The molecule has 0 saturated carbocycles. The van der Waals surface area contributed by atoms with E-state index >= 15 is 0 Å². The van der Waals surface area contributed by atoms with E-state index in [9.17, 15) is 8.42 Å². The molecule has 0 amide bonds. The number of anilines is 2. The van der Waals surface area contributed by atoms with Gasteiger partial charge in [0.05, 0.1) is 15.5 Å². The van der Waals surface area contributed by atoms with Crippen molar-refractivity contribution < 1.29 is 8.42 Å². The van der Waals surface area contributed by atoms with Crippen molar-refractivity contribution in [3.63, 3.8) is 0 Å². The second-order valence-electron chi connectivity index (χ2n) is 4.61. The van der Waals surface area contributed by atoms with Gasteiger partial charge in [0.1, 0.15) is 5.82 Å². The lowest BCUT2D eigenvalue weighted by molar-refractivity contribution is 0.596. The highest BCUT2D eigenvalue weighted by atomic mass is 32.2. The molecule has 0 fully saturated rings. The van der Waals surface area contributed by atoms with E-state index in [1.165, 1.54) is 29.7 Å². The number of sulfone groups is 1. The molecule has 2 aromatic heterocycles. The predicted octanol–water partition coefficient (Wildman–Crippen LogP) is 3.42. The highest BCUT2D eigenvalue weighted by Crippen LogP contribution is 2.24. The van der Waals surface area contributed by atoms with Gasteiger partial charge in [-0.05, 0) is 31.2 Å². The summed E-state index contributed by atoms with van der Waals surface area (Å²) in [6, 6.07) is 11.3. The van der Waals surface area contributed by atoms with Gasteiger partial charge in [-0.25, -0.2) is 18.4 Å². The third kappa shape index (κ3) is 3.00. The summed E-state index contributed by atoms with van der Waals surface area (Å²) in [5.74, 6) is 0.450. The molecule has 0 aliphatic rings. The molecular formula is C15H13N3O2S2. The Morgan fingerprint density at radius 2 is 1.86 bits per heavy atom. The molecule has 3 rings (SSSR count). The lowest BCUT2D eigenvalue weighted by Gasteiger charge is -2.06. The van der Waals surface area contributed by atoms with Crippen LogP contribution in [0.2, 0.25) is 0 Å². The molecule has 7 heteroatoms. The first kappa shape index (κ1) is 14.7. The normalized spacial score (nSPS) is 11.3. The number of nitrogens with zero attached hydrogens (tertiary/aromatic N) is 2. The van der Waals surface area contributed by atoms with Crippen LogP contribution < -0.4 is 5.32 Å². The van der Waals surface area contributed by atoms with Crippen molar-refractivity contribution in [2.24, 2.45) is 0 Å². The predicted molar refractivity (Wildman–Crippen MR) is 86.3 cm³/mol. The molecule has 22 heavy (non-hydrogen) atoms. The molecular weight excluding hydrogens is 318 g/mol. The topological polar surface area (TPSA) is 72.0 Å². The van der Waals surface area contributed by atoms with E-state index in [-0.39, 0.29) is 9.79 Å². The summed E-state index contributed by atoms with van der Waals surface area (Å²) < 4.78 is 25.1. The lowest BCUT2D eigenvalue weighted by atomic mass is 10.4. The quantitative estimate of drug-likeness (QED) is 0.793. The van der Waals surface area contributed by atoms with E-state index in [0.717, 1.165) is 5.69 Å². The van der Waals surface area contributed by atoms with E-state index in [1.54, 1.807) is 30.3 Å². The smallest absolute Gasteiger partial charge is 0.206 e. The van der Waals surface area contributed by atoms with Gasteiger partial charge in [0.2, 0.25) is 9.84 Å². The third-order valence-electron chi connectivity index (χ3n) is 2.95. The van der Waals surface area contributed by atoms with E-state index in [0.29, 0.717) is 10.9 Å². The van der Waals surface area contributed by atoms with Gasteiger partial charge in [0.15, 0.2) is 5.13 Å². The van der Waals surface area contributed by atoms with Crippen LogP contribution >= 0.6 is 11.3 Å². The fourth-order valence-corrected chi connectivity index (χ4v) is 3.89. The number of hydrogen-bond acceptors (Lipinski definition) is 6. The van der Waals surface area contributed by atoms with Gasteiger partial charge in [-0.1, -0.05) is 18.2 Å². The first-order valence-electron chi connectivity index (χ1n) is 6.51. The average molecular weight is 331 g/mol.